The molecule has 0 aliphatic rings. The summed E-state index contributed by atoms with van der Waals surface area (Å²) in [7, 11) is 0. The lowest BCUT2D eigenvalue weighted by atomic mass is 10.1. The third-order valence-electron chi connectivity index (χ3n) is 8.06. The summed E-state index contributed by atoms with van der Waals surface area (Å²) in [5, 5.41) is 17.2. The number of primary amides is 1. The Hall–Kier alpha value is -6.34. The van der Waals surface area contributed by atoms with Crippen LogP contribution >= 0.6 is 11.6 Å². The Balaban J connectivity index is 0.000000132. The maximum atomic E-state index is 10.9. The predicted octanol–water partition coefficient (Wildman–Crippen LogP) is 9.99. The van der Waals surface area contributed by atoms with Gasteiger partial charge in [0.1, 0.15) is 0 Å². The SMILES string of the molecule is NC(=O)c1ccc2ccccc2c1.NCc1ccc2ccccc2c1.O=C(Cl)c1ccc2ccccc2c1.O=C(O)c1ccc2ccccc2c1. The van der Waals surface area contributed by atoms with Gasteiger partial charge in [-0.05, 0) is 103 Å². The molecule has 0 aliphatic carbocycles. The number of benzene rings is 8. The van der Waals surface area contributed by atoms with Gasteiger partial charge in [0.15, 0.2) is 0 Å². The number of carbonyl (C=O) groups is 3. The van der Waals surface area contributed by atoms with E-state index in [1.165, 1.54) is 16.3 Å². The van der Waals surface area contributed by atoms with Gasteiger partial charge in [-0.25, -0.2) is 4.79 Å². The predicted molar refractivity (Wildman–Crippen MR) is 209 cm³/mol. The second-order valence-corrected chi connectivity index (χ2v) is 11.9. The number of fused-ring (bicyclic) bond motifs is 4. The molecule has 0 radical (unpaired) electrons. The molecule has 0 fully saturated rings. The second kappa shape index (κ2) is 17.4. The van der Waals surface area contributed by atoms with E-state index in [1.54, 1.807) is 36.4 Å². The molecule has 252 valence electrons. The fourth-order valence-corrected chi connectivity index (χ4v) is 5.46. The average molecular weight is 691 g/mol. The van der Waals surface area contributed by atoms with Crippen LogP contribution in [0.4, 0.5) is 0 Å². The molecule has 6 nitrogen and oxygen atoms in total. The van der Waals surface area contributed by atoms with E-state index in [2.05, 4.69) is 30.3 Å². The van der Waals surface area contributed by atoms with Crippen LogP contribution in [0.15, 0.2) is 170 Å². The summed E-state index contributed by atoms with van der Waals surface area (Å²) in [5.41, 5.74) is 13.3. The first-order valence-corrected chi connectivity index (χ1v) is 16.5. The van der Waals surface area contributed by atoms with E-state index in [1.807, 2.05) is 103 Å². The van der Waals surface area contributed by atoms with Crippen molar-refractivity contribution in [3.05, 3.63) is 192 Å². The fourth-order valence-electron chi connectivity index (χ4n) is 5.34. The third kappa shape index (κ3) is 9.86. The van der Waals surface area contributed by atoms with E-state index in [0.29, 0.717) is 23.2 Å². The van der Waals surface area contributed by atoms with Gasteiger partial charge >= 0.3 is 5.97 Å². The zero-order chi connectivity index (χ0) is 36.2. The van der Waals surface area contributed by atoms with Gasteiger partial charge < -0.3 is 16.6 Å². The van der Waals surface area contributed by atoms with Gasteiger partial charge in [0.2, 0.25) is 5.91 Å². The fraction of sp³-hybridized carbons (Fsp3) is 0.0227. The highest BCUT2D eigenvalue weighted by molar-refractivity contribution is 6.67. The molecule has 0 spiro atoms. The number of hydrogen-bond donors (Lipinski definition) is 3. The summed E-state index contributed by atoms with van der Waals surface area (Å²) in [4.78, 5) is 32.4. The van der Waals surface area contributed by atoms with Crippen molar-refractivity contribution >= 4 is 71.8 Å². The lowest BCUT2D eigenvalue weighted by Crippen LogP contribution is -2.10. The molecule has 0 saturated carbocycles. The van der Waals surface area contributed by atoms with Crippen molar-refractivity contribution in [3.8, 4) is 0 Å². The van der Waals surface area contributed by atoms with Gasteiger partial charge in [0.25, 0.3) is 5.24 Å². The Morgan fingerprint density at radius 3 is 1.18 bits per heavy atom. The molecule has 8 aromatic carbocycles. The van der Waals surface area contributed by atoms with Gasteiger partial charge in [-0.1, -0.05) is 127 Å². The molecule has 0 bridgehead atoms. The molecular formula is C44H35ClN2O4. The number of halogens is 1. The largest absolute Gasteiger partial charge is 0.478 e. The highest BCUT2D eigenvalue weighted by Gasteiger charge is 2.03. The Bertz CT molecular complexity index is 2270. The van der Waals surface area contributed by atoms with Crippen LogP contribution in [0.5, 0.6) is 0 Å². The van der Waals surface area contributed by atoms with E-state index < -0.39 is 11.2 Å². The first-order valence-electron chi connectivity index (χ1n) is 16.1. The van der Waals surface area contributed by atoms with E-state index in [9.17, 15) is 14.4 Å². The van der Waals surface area contributed by atoms with Crippen LogP contribution in [0.2, 0.25) is 0 Å². The minimum atomic E-state index is -0.884. The standard InChI is InChI=1S/C11H7ClO.C11H9NO.C11H11N.C11H8O2/c2*12-11(13)10-6-5-8-3-1-2-4-9(8)7-10;12-8-9-5-6-10-3-1-2-4-11(10)7-9;12-11(13)10-6-5-8-3-1-2-4-9(8)7-10/h1-7H;1-7H,(H2,12,13);1-7H,8,12H2;1-7H,(H,12,13). The molecular weight excluding hydrogens is 656 g/mol. The molecule has 0 heterocycles. The molecule has 0 atom stereocenters. The molecule has 5 N–H and O–H groups in total. The summed E-state index contributed by atoms with van der Waals surface area (Å²) in [6.45, 7) is 0.616. The number of carboxylic acids is 1. The summed E-state index contributed by atoms with van der Waals surface area (Å²) >= 11 is 5.36. The van der Waals surface area contributed by atoms with Crippen LogP contribution in [0, 0.1) is 0 Å². The molecule has 51 heavy (non-hydrogen) atoms. The Morgan fingerprint density at radius 2 is 0.784 bits per heavy atom. The topological polar surface area (TPSA) is 123 Å². The molecule has 7 heteroatoms. The smallest absolute Gasteiger partial charge is 0.335 e. The average Bonchev–Trinajstić information content (AvgIpc) is 3.17. The molecule has 8 rings (SSSR count). The van der Waals surface area contributed by atoms with Crippen molar-refractivity contribution in [3.63, 3.8) is 0 Å². The minimum Gasteiger partial charge on any atom is -0.478 e. The molecule has 0 saturated heterocycles. The number of aromatic carboxylic acids is 1. The van der Waals surface area contributed by atoms with Gasteiger partial charge in [-0.15, -0.1) is 0 Å². The molecule has 0 aliphatic heterocycles. The molecule has 0 aromatic heterocycles. The maximum absolute atomic E-state index is 10.9. The van der Waals surface area contributed by atoms with Gasteiger partial charge in [-0.2, -0.15) is 0 Å². The quantitative estimate of drug-likeness (QED) is 0.159. The van der Waals surface area contributed by atoms with Gasteiger partial charge in [-0.3, -0.25) is 9.59 Å². The van der Waals surface area contributed by atoms with Gasteiger partial charge in [0, 0.05) is 17.7 Å². The highest BCUT2D eigenvalue weighted by Crippen LogP contribution is 2.18. The highest BCUT2D eigenvalue weighted by atomic mass is 35.5. The van der Waals surface area contributed by atoms with Crippen molar-refractivity contribution in [1.29, 1.82) is 0 Å². The molecule has 8 aromatic rings. The zero-order valence-electron chi connectivity index (χ0n) is 27.6. The number of amides is 1. The first kappa shape index (κ1) is 36.0. The lowest BCUT2D eigenvalue weighted by Gasteiger charge is -1.99. The van der Waals surface area contributed by atoms with Crippen LogP contribution in [0.25, 0.3) is 43.1 Å². The summed E-state index contributed by atoms with van der Waals surface area (Å²) in [6.07, 6.45) is 0. The lowest BCUT2D eigenvalue weighted by molar-refractivity contribution is 0.0696. The number of hydrogen-bond acceptors (Lipinski definition) is 4. The number of carboxylic acid groups (broad SMARTS) is 1. The van der Waals surface area contributed by atoms with Crippen molar-refractivity contribution in [2.45, 2.75) is 6.54 Å². The molecule has 0 unspecified atom stereocenters. The van der Waals surface area contributed by atoms with Crippen molar-refractivity contribution in [2.24, 2.45) is 11.5 Å². The van der Waals surface area contributed by atoms with Crippen LogP contribution < -0.4 is 11.5 Å². The normalized spacial score (nSPS) is 10.2. The maximum Gasteiger partial charge on any atom is 0.335 e. The van der Waals surface area contributed by atoms with Gasteiger partial charge in [0.05, 0.1) is 5.56 Å². The van der Waals surface area contributed by atoms with Crippen molar-refractivity contribution in [1.82, 2.24) is 0 Å². The van der Waals surface area contributed by atoms with Crippen LogP contribution in [0.3, 0.4) is 0 Å². The van der Waals surface area contributed by atoms with E-state index in [4.69, 9.17) is 28.2 Å². The van der Waals surface area contributed by atoms with E-state index >= 15 is 0 Å². The monoisotopic (exact) mass is 690 g/mol. The van der Waals surface area contributed by atoms with Crippen LogP contribution in [-0.4, -0.2) is 22.2 Å². The van der Waals surface area contributed by atoms with Crippen molar-refractivity contribution < 1.29 is 19.5 Å². The number of nitrogens with two attached hydrogens (primary N) is 2. The summed E-state index contributed by atoms with van der Waals surface area (Å²) in [5.74, 6) is -1.27. The van der Waals surface area contributed by atoms with E-state index in [-0.39, 0.29) is 5.91 Å². The zero-order valence-corrected chi connectivity index (χ0v) is 28.3. The Morgan fingerprint density at radius 1 is 0.451 bits per heavy atom. The van der Waals surface area contributed by atoms with Crippen molar-refractivity contribution in [2.75, 3.05) is 0 Å². The van der Waals surface area contributed by atoms with Crippen LogP contribution in [-0.2, 0) is 6.54 Å². The second-order valence-electron chi connectivity index (χ2n) is 11.5. The van der Waals surface area contributed by atoms with Crippen LogP contribution in [0.1, 0.15) is 36.6 Å². The summed E-state index contributed by atoms with van der Waals surface area (Å²) in [6, 6.07) is 54.0. The number of rotatable bonds is 4. The Labute approximate surface area is 300 Å². The third-order valence-corrected chi connectivity index (χ3v) is 8.27. The van der Waals surface area contributed by atoms with E-state index in [0.717, 1.165) is 32.3 Å². The first-order chi connectivity index (χ1) is 24.7. The minimum absolute atomic E-state index is 0.332. The Kier molecular flexibility index (Phi) is 12.2. The number of carbonyl (C=O) groups excluding carboxylic acids is 2. The molecule has 1 amide bonds. The summed E-state index contributed by atoms with van der Waals surface area (Å²) < 4.78 is 0.